The van der Waals surface area contributed by atoms with Crippen LogP contribution in [0.5, 0.6) is 0 Å². The summed E-state index contributed by atoms with van der Waals surface area (Å²) in [4.78, 5) is 19.4. The standard InChI is InChI=1S/C23H27N3O/c27-23(26-16-6-10-19-9-4-5-11-21(19)26)20-13-15-25-22(17-20)24-14-12-18-7-2-1-3-8-18/h4-5,7,9,11,13,15,17H,1-3,6,8,10,12,14,16H2,(H,24,25). The lowest BCUT2D eigenvalue weighted by molar-refractivity contribution is 0.0985. The summed E-state index contributed by atoms with van der Waals surface area (Å²) in [6.45, 7) is 1.64. The van der Waals surface area contributed by atoms with E-state index in [-0.39, 0.29) is 5.91 Å². The summed E-state index contributed by atoms with van der Waals surface area (Å²) in [5.41, 5.74) is 4.54. The van der Waals surface area contributed by atoms with Gasteiger partial charge in [-0.3, -0.25) is 4.79 Å². The Labute approximate surface area is 161 Å². The van der Waals surface area contributed by atoms with Gasteiger partial charge in [0.15, 0.2) is 0 Å². The molecule has 0 radical (unpaired) electrons. The molecule has 1 N–H and O–H groups in total. The summed E-state index contributed by atoms with van der Waals surface area (Å²) < 4.78 is 0. The predicted octanol–water partition coefficient (Wildman–Crippen LogP) is 4.98. The molecule has 0 saturated carbocycles. The SMILES string of the molecule is O=C(c1ccnc(NCCC2=CCCCC2)c1)N1CCCc2ccccc21. The maximum Gasteiger partial charge on any atom is 0.258 e. The van der Waals surface area contributed by atoms with Crippen molar-refractivity contribution >= 4 is 17.4 Å². The maximum atomic E-state index is 13.1. The van der Waals surface area contributed by atoms with E-state index in [1.165, 1.54) is 31.2 Å². The molecule has 2 aliphatic rings. The number of hydrogen-bond donors (Lipinski definition) is 1. The third-order valence-electron chi connectivity index (χ3n) is 5.50. The normalized spacial score (nSPS) is 16.4. The highest BCUT2D eigenvalue weighted by Gasteiger charge is 2.23. The van der Waals surface area contributed by atoms with E-state index in [0.717, 1.165) is 43.9 Å². The van der Waals surface area contributed by atoms with Crippen LogP contribution in [0, 0.1) is 0 Å². The van der Waals surface area contributed by atoms with Crippen molar-refractivity contribution < 1.29 is 4.79 Å². The lowest BCUT2D eigenvalue weighted by Crippen LogP contribution is -2.35. The van der Waals surface area contributed by atoms with Crippen molar-refractivity contribution in [3.63, 3.8) is 0 Å². The fourth-order valence-corrected chi connectivity index (χ4v) is 4.04. The van der Waals surface area contributed by atoms with Crippen molar-refractivity contribution in [2.45, 2.75) is 44.9 Å². The molecule has 1 aliphatic heterocycles. The average Bonchev–Trinajstić information content (AvgIpc) is 2.74. The highest BCUT2D eigenvalue weighted by molar-refractivity contribution is 6.07. The van der Waals surface area contributed by atoms with Crippen LogP contribution in [-0.2, 0) is 6.42 Å². The summed E-state index contributed by atoms with van der Waals surface area (Å²) in [5.74, 6) is 0.838. The van der Waals surface area contributed by atoms with Gasteiger partial charge in [-0.05, 0) is 68.7 Å². The molecule has 2 aromatic rings. The first-order valence-electron chi connectivity index (χ1n) is 10.1. The Morgan fingerprint density at radius 3 is 2.93 bits per heavy atom. The first-order chi connectivity index (χ1) is 13.3. The number of carbonyl (C=O) groups is 1. The average molecular weight is 361 g/mol. The maximum absolute atomic E-state index is 13.1. The van der Waals surface area contributed by atoms with Crippen LogP contribution in [0.15, 0.2) is 54.2 Å². The molecule has 0 spiro atoms. The Balaban J connectivity index is 1.43. The van der Waals surface area contributed by atoms with Gasteiger partial charge in [-0.2, -0.15) is 0 Å². The highest BCUT2D eigenvalue weighted by atomic mass is 16.2. The fourth-order valence-electron chi connectivity index (χ4n) is 4.04. The summed E-state index contributed by atoms with van der Waals surface area (Å²) in [7, 11) is 0. The Kier molecular flexibility index (Phi) is 5.52. The number of aromatic nitrogens is 1. The number of allylic oxidation sites excluding steroid dienone is 1. The second-order valence-electron chi connectivity index (χ2n) is 7.40. The highest BCUT2D eigenvalue weighted by Crippen LogP contribution is 2.28. The third kappa shape index (κ3) is 4.21. The zero-order valence-electron chi connectivity index (χ0n) is 15.8. The molecular weight excluding hydrogens is 334 g/mol. The quantitative estimate of drug-likeness (QED) is 0.764. The Hall–Kier alpha value is -2.62. The molecule has 1 aliphatic carbocycles. The Morgan fingerprint density at radius 2 is 2.04 bits per heavy atom. The van der Waals surface area contributed by atoms with Gasteiger partial charge in [0.05, 0.1) is 0 Å². The van der Waals surface area contributed by atoms with Crippen LogP contribution in [0.1, 0.15) is 54.4 Å². The third-order valence-corrected chi connectivity index (χ3v) is 5.50. The molecule has 1 aromatic carbocycles. The second kappa shape index (κ2) is 8.38. The second-order valence-corrected chi connectivity index (χ2v) is 7.40. The molecule has 1 amide bonds. The molecule has 4 nitrogen and oxygen atoms in total. The van der Waals surface area contributed by atoms with Crippen LogP contribution in [0.25, 0.3) is 0 Å². The number of aryl methyl sites for hydroxylation is 1. The monoisotopic (exact) mass is 361 g/mol. The molecule has 0 unspecified atom stereocenters. The van der Waals surface area contributed by atoms with Crippen molar-refractivity contribution in [3.05, 3.63) is 65.4 Å². The Bertz CT molecular complexity index is 843. The minimum atomic E-state index is 0.0580. The number of rotatable bonds is 5. The number of carbonyl (C=O) groups excluding carboxylic acids is 1. The van der Waals surface area contributed by atoms with Crippen molar-refractivity contribution in [2.24, 2.45) is 0 Å². The molecule has 1 aromatic heterocycles. The van der Waals surface area contributed by atoms with Gasteiger partial charge in [0, 0.05) is 30.5 Å². The van der Waals surface area contributed by atoms with Crippen LogP contribution < -0.4 is 10.2 Å². The molecule has 0 saturated heterocycles. The van der Waals surface area contributed by atoms with Crippen molar-refractivity contribution in [1.82, 2.24) is 4.98 Å². The van der Waals surface area contributed by atoms with Gasteiger partial charge in [0.1, 0.15) is 5.82 Å². The van der Waals surface area contributed by atoms with Crippen molar-refractivity contribution in [2.75, 3.05) is 23.3 Å². The zero-order valence-corrected chi connectivity index (χ0v) is 15.8. The molecule has 2 heterocycles. The van der Waals surface area contributed by atoms with Gasteiger partial charge in [-0.1, -0.05) is 29.8 Å². The lowest BCUT2D eigenvalue weighted by atomic mass is 9.97. The van der Waals surface area contributed by atoms with Gasteiger partial charge in [0.2, 0.25) is 0 Å². The van der Waals surface area contributed by atoms with Gasteiger partial charge in [0.25, 0.3) is 5.91 Å². The number of para-hydroxylation sites is 1. The van der Waals surface area contributed by atoms with Gasteiger partial charge in [-0.15, -0.1) is 0 Å². The molecule has 4 heteroatoms. The van der Waals surface area contributed by atoms with Gasteiger partial charge >= 0.3 is 0 Å². The van der Waals surface area contributed by atoms with Gasteiger partial charge < -0.3 is 10.2 Å². The number of nitrogens with one attached hydrogen (secondary N) is 1. The summed E-state index contributed by atoms with van der Waals surface area (Å²) >= 11 is 0. The number of benzene rings is 1. The van der Waals surface area contributed by atoms with Crippen LogP contribution in [0.4, 0.5) is 11.5 Å². The molecule has 27 heavy (non-hydrogen) atoms. The summed E-state index contributed by atoms with van der Waals surface area (Å²) in [6, 6.07) is 11.9. The minimum Gasteiger partial charge on any atom is -0.370 e. The van der Waals surface area contributed by atoms with Crippen LogP contribution in [0.2, 0.25) is 0 Å². The zero-order chi connectivity index (χ0) is 18.5. The lowest BCUT2D eigenvalue weighted by Gasteiger charge is -2.29. The smallest absolute Gasteiger partial charge is 0.258 e. The molecular formula is C23H27N3O. The van der Waals surface area contributed by atoms with E-state index < -0.39 is 0 Å². The molecule has 0 bridgehead atoms. The number of fused-ring (bicyclic) bond motifs is 1. The predicted molar refractivity (Wildman–Crippen MR) is 110 cm³/mol. The minimum absolute atomic E-state index is 0.0580. The number of pyridine rings is 1. The number of nitrogens with zero attached hydrogens (tertiary/aromatic N) is 2. The summed E-state index contributed by atoms with van der Waals surface area (Å²) in [5, 5.41) is 3.39. The van der Waals surface area contributed by atoms with E-state index in [1.54, 1.807) is 11.8 Å². The van der Waals surface area contributed by atoms with Crippen molar-refractivity contribution in [3.8, 4) is 0 Å². The molecule has 140 valence electrons. The molecule has 0 fully saturated rings. The van der Waals surface area contributed by atoms with Gasteiger partial charge in [-0.25, -0.2) is 4.98 Å². The fraction of sp³-hybridized carbons (Fsp3) is 0.391. The number of anilines is 2. The largest absolute Gasteiger partial charge is 0.370 e. The van der Waals surface area contributed by atoms with Crippen LogP contribution in [0.3, 0.4) is 0 Å². The van der Waals surface area contributed by atoms with E-state index in [4.69, 9.17) is 0 Å². The van der Waals surface area contributed by atoms with E-state index in [9.17, 15) is 4.79 Å². The van der Waals surface area contributed by atoms with Crippen LogP contribution in [-0.4, -0.2) is 24.0 Å². The topological polar surface area (TPSA) is 45.2 Å². The Morgan fingerprint density at radius 1 is 1.11 bits per heavy atom. The van der Waals surface area contributed by atoms with E-state index in [0.29, 0.717) is 5.56 Å². The van der Waals surface area contributed by atoms with Crippen LogP contribution >= 0.6 is 0 Å². The van der Waals surface area contributed by atoms with E-state index >= 15 is 0 Å². The van der Waals surface area contributed by atoms with E-state index in [2.05, 4.69) is 22.4 Å². The first kappa shape index (κ1) is 17.8. The molecule has 4 rings (SSSR count). The molecule has 0 atom stereocenters. The first-order valence-corrected chi connectivity index (χ1v) is 10.1. The van der Waals surface area contributed by atoms with E-state index in [1.807, 2.05) is 35.2 Å². The number of amides is 1. The summed E-state index contributed by atoms with van der Waals surface area (Å²) in [6.07, 6.45) is 12.3. The number of hydrogen-bond acceptors (Lipinski definition) is 3. The van der Waals surface area contributed by atoms with Crippen molar-refractivity contribution in [1.29, 1.82) is 0 Å².